The maximum atomic E-state index is 12.7. The number of aryl methyl sites for hydroxylation is 3. The molecule has 0 unspecified atom stereocenters. The van der Waals surface area contributed by atoms with Crippen molar-refractivity contribution in [3.8, 4) is 0 Å². The van der Waals surface area contributed by atoms with E-state index in [4.69, 9.17) is 0 Å². The first-order valence-electron chi connectivity index (χ1n) is 10.1. The van der Waals surface area contributed by atoms with Gasteiger partial charge in [0.05, 0.1) is 6.04 Å². The molecule has 0 aromatic heterocycles. The molecule has 27 heavy (non-hydrogen) atoms. The normalized spacial score (nSPS) is 16.9. The van der Waals surface area contributed by atoms with E-state index in [1.807, 2.05) is 0 Å². The number of nitrogens with zero attached hydrogens (tertiary/aromatic N) is 1. The highest BCUT2D eigenvalue weighted by atomic mass is 16.1. The lowest BCUT2D eigenvalue weighted by Crippen LogP contribution is -2.41. The van der Waals surface area contributed by atoms with E-state index < -0.39 is 0 Å². The molecule has 3 heteroatoms. The summed E-state index contributed by atoms with van der Waals surface area (Å²) in [6.45, 7) is 11.4. The summed E-state index contributed by atoms with van der Waals surface area (Å²) in [5, 5.41) is 3.24. The largest absolute Gasteiger partial charge is 0.349 e. The molecular weight excluding hydrogens is 332 g/mol. The summed E-state index contributed by atoms with van der Waals surface area (Å²) in [6, 6.07) is 15.2. The van der Waals surface area contributed by atoms with E-state index in [0.717, 1.165) is 32.5 Å². The number of hydrogen-bond acceptors (Lipinski definition) is 2. The first kappa shape index (κ1) is 19.6. The molecule has 0 saturated carbocycles. The van der Waals surface area contributed by atoms with Gasteiger partial charge in [-0.3, -0.25) is 9.69 Å². The molecule has 1 aliphatic heterocycles. The van der Waals surface area contributed by atoms with Crippen LogP contribution in [0.2, 0.25) is 0 Å². The first-order valence-corrected chi connectivity index (χ1v) is 10.1. The van der Waals surface area contributed by atoms with Crippen LogP contribution in [0.1, 0.15) is 53.6 Å². The van der Waals surface area contributed by atoms with Gasteiger partial charge in [-0.1, -0.05) is 53.6 Å². The van der Waals surface area contributed by atoms with Gasteiger partial charge in [0, 0.05) is 12.5 Å². The fourth-order valence-corrected chi connectivity index (χ4v) is 4.14. The molecule has 0 radical (unpaired) electrons. The van der Waals surface area contributed by atoms with E-state index in [0.29, 0.717) is 0 Å². The van der Waals surface area contributed by atoms with Crippen molar-refractivity contribution in [3.63, 3.8) is 0 Å². The summed E-state index contributed by atoms with van der Waals surface area (Å²) in [5.41, 5.74) is 6.39. The number of piperidine rings is 1. The SMILES string of the molecule is Cc1cccc(CN2CCC(C(=O)N[C@H](C)c3ccc(C)cc3C)CC2)c1. The van der Waals surface area contributed by atoms with Crippen molar-refractivity contribution in [3.05, 3.63) is 70.3 Å². The third-order valence-electron chi connectivity index (χ3n) is 5.70. The average molecular weight is 365 g/mol. The Morgan fingerprint density at radius 1 is 1.07 bits per heavy atom. The van der Waals surface area contributed by atoms with Crippen molar-refractivity contribution in [2.45, 2.75) is 53.1 Å². The van der Waals surface area contributed by atoms with Crippen molar-refractivity contribution in [2.75, 3.05) is 13.1 Å². The Morgan fingerprint density at radius 3 is 2.44 bits per heavy atom. The van der Waals surface area contributed by atoms with Gasteiger partial charge in [0.1, 0.15) is 0 Å². The first-order chi connectivity index (χ1) is 12.9. The number of carbonyl (C=O) groups excluding carboxylic acids is 1. The third-order valence-corrected chi connectivity index (χ3v) is 5.70. The van der Waals surface area contributed by atoms with Crippen molar-refractivity contribution in [1.82, 2.24) is 10.2 Å². The molecule has 1 atom stereocenters. The van der Waals surface area contributed by atoms with Crippen molar-refractivity contribution >= 4 is 5.91 Å². The number of carbonyl (C=O) groups is 1. The standard InChI is InChI=1S/C24H32N2O/c1-17-6-5-7-21(15-17)16-26-12-10-22(11-13-26)24(27)25-20(4)23-9-8-18(2)14-19(23)3/h5-9,14-15,20,22H,10-13,16H2,1-4H3,(H,25,27)/t20-/m1/s1. The van der Waals surface area contributed by atoms with Crippen molar-refractivity contribution in [2.24, 2.45) is 5.92 Å². The molecule has 1 N–H and O–H groups in total. The van der Waals surface area contributed by atoms with Crippen molar-refractivity contribution in [1.29, 1.82) is 0 Å². The zero-order valence-corrected chi connectivity index (χ0v) is 17.1. The highest BCUT2D eigenvalue weighted by Crippen LogP contribution is 2.23. The molecule has 1 heterocycles. The number of nitrogens with one attached hydrogen (secondary N) is 1. The van der Waals surface area contributed by atoms with Crippen LogP contribution in [-0.4, -0.2) is 23.9 Å². The van der Waals surface area contributed by atoms with Crippen molar-refractivity contribution < 1.29 is 4.79 Å². The van der Waals surface area contributed by atoms with E-state index in [2.05, 4.69) is 80.4 Å². The van der Waals surface area contributed by atoms with Crippen LogP contribution in [0.25, 0.3) is 0 Å². The molecule has 3 rings (SSSR count). The fraction of sp³-hybridized carbons (Fsp3) is 0.458. The Labute approximate surface area is 163 Å². The second-order valence-corrected chi connectivity index (χ2v) is 8.13. The zero-order valence-electron chi connectivity index (χ0n) is 17.1. The average Bonchev–Trinajstić information content (AvgIpc) is 2.62. The number of hydrogen-bond donors (Lipinski definition) is 1. The van der Waals surface area contributed by atoms with E-state index in [-0.39, 0.29) is 17.9 Å². The Balaban J connectivity index is 1.50. The Morgan fingerprint density at radius 2 is 1.78 bits per heavy atom. The summed E-state index contributed by atoms with van der Waals surface area (Å²) < 4.78 is 0. The van der Waals surface area contributed by atoms with Gasteiger partial charge >= 0.3 is 0 Å². The number of rotatable bonds is 5. The summed E-state index contributed by atoms with van der Waals surface area (Å²) in [5.74, 6) is 0.338. The molecule has 0 aliphatic carbocycles. The van der Waals surface area contributed by atoms with Gasteiger partial charge in [-0.2, -0.15) is 0 Å². The van der Waals surface area contributed by atoms with E-state index in [9.17, 15) is 4.79 Å². The van der Waals surface area contributed by atoms with Gasteiger partial charge in [0.2, 0.25) is 5.91 Å². The van der Waals surface area contributed by atoms with Crippen LogP contribution in [-0.2, 0) is 11.3 Å². The van der Waals surface area contributed by atoms with Crippen LogP contribution in [0.15, 0.2) is 42.5 Å². The quantitative estimate of drug-likeness (QED) is 0.834. The Hall–Kier alpha value is -2.13. The minimum atomic E-state index is 0.0587. The summed E-state index contributed by atoms with van der Waals surface area (Å²) in [7, 11) is 0. The van der Waals surface area contributed by atoms with E-state index in [1.165, 1.54) is 27.8 Å². The molecule has 1 saturated heterocycles. The van der Waals surface area contributed by atoms with Crippen LogP contribution in [0.3, 0.4) is 0 Å². The van der Waals surface area contributed by atoms with Gasteiger partial charge in [-0.25, -0.2) is 0 Å². The van der Waals surface area contributed by atoms with Crippen LogP contribution >= 0.6 is 0 Å². The summed E-state index contributed by atoms with van der Waals surface area (Å²) in [6.07, 6.45) is 1.88. The molecule has 0 spiro atoms. The molecule has 3 nitrogen and oxygen atoms in total. The maximum absolute atomic E-state index is 12.7. The second kappa shape index (κ2) is 8.71. The van der Waals surface area contributed by atoms with Gasteiger partial charge in [0.15, 0.2) is 0 Å². The number of likely N-dealkylation sites (tertiary alicyclic amines) is 1. The van der Waals surface area contributed by atoms with Gasteiger partial charge in [-0.05, 0) is 70.3 Å². The smallest absolute Gasteiger partial charge is 0.223 e. The Bertz CT molecular complexity index is 791. The minimum absolute atomic E-state index is 0.0587. The van der Waals surface area contributed by atoms with Gasteiger partial charge < -0.3 is 5.32 Å². The molecule has 2 aromatic carbocycles. The monoisotopic (exact) mass is 364 g/mol. The highest BCUT2D eigenvalue weighted by Gasteiger charge is 2.26. The molecule has 144 valence electrons. The number of benzene rings is 2. The molecule has 1 aliphatic rings. The third kappa shape index (κ3) is 5.20. The molecule has 0 bridgehead atoms. The lowest BCUT2D eigenvalue weighted by Gasteiger charge is -2.32. The van der Waals surface area contributed by atoms with Gasteiger partial charge in [0.25, 0.3) is 0 Å². The number of amides is 1. The lowest BCUT2D eigenvalue weighted by molar-refractivity contribution is -0.127. The molecular formula is C24H32N2O. The van der Waals surface area contributed by atoms with E-state index >= 15 is 0 Å². The predicted molar refractivity (Wildman–Crippen MR) is 112 cm³/mol. The topological polar surface area (TPSA) is 32.3 Å². The van der Waals surface area contributed by atoms with Crippen LogP contribution in [0, 0.1) is 26.7 Å². The van der Waals surface area contributed by atoms with E-state index in [1.54, 1.807) is 0 Å². The van der Waals surface area contributed by atoms with Crippen LogP contribution in [0.5, 0.6) is 0 Å². The predicted octanol–water partition coefficient (Wildman–Crippen LogP) is 4.70. The van der Waals surface area contributed by atoms with Crippen LogP contribution < -0.4 is 5.32 Å². The van der Waals surface area contributed by atoms with Gasteiger partial charge in [-0.15, -0.1) is 0 Å². The molecule has 1 fully saturated rings. The fourth-order valence-electron chi connectivity index (χ4n) is 4.14. The molecule has 1 amide bonds. The molecule has 2 aromatic rings. The Kier molecular flexibility index (Phi) is 6.33. The summed E-state index contributed by atoms with van der Waals surface area (Å²) >= 11 is 0. The lowest BCUT2D eigenvalue weighted by atomic mass is 9.94. The highest BCUT2D eigenvalue weighted by molar-refractivity contribution is 5.79. The summed E-state index contributed by atoms with van der Waals surface area (Å²) in [4.78, 5) is 15.2. The van der Waals surface area contributed by atoms with Crippen LogP contribution in [0.4, 0.5) is 0 Å². The maximum Gasteiger partial charge on any atom is 0.223 e. The zero-order chi connectivity index (χ0) is 19.4. The second-order valence-electron chi connectivity index (χ2n) is 8.13. The minimum Gasteiger partial charge on any atom is -0.349 e.